The van der Waals surface area contributed by atoms with Gasteiger partial charge in [0.25, 0.3) is 5.91 Å². The van der Waals surface area contributed by atoms with Crippen molar-refractivity contribution in [2.75, 3.05) is 5.32 Å². The molecular formula is C26H23ClN4O2. The van der Waals surface area contributed by atoms with Gasteiger partial charge in [-0.15, -0.1) is 0 Å². The number of aromatic nitrogens is 1. The van der Waals surface area contributed by atoms with E-state index in [0.29, 0.717) is 17.8 Å². The van der Waals surface area contributed by atoms with Gasteiger partial charge in [-0.3, -0.25) is 9.59 Å². The first kappa shape index (κ1) is 22.3. The van der Waals surface area contributed by atoms with E-state index in [1.54, 1.807) is 30.5 Å². The summed E-state index contributed by atoms with van der Waals surface area (Å²) in [5.41, 5.74) is 7.70. The van der Waals surface area contributed by atoms with Crippen molar-refractivity contribution in [1.82, 2.24) is 9.99 Å². The van der Waals surface area contributed by atoms with Gasteiger partial charge in [-0.2, -0.15) is 5.10 Å². The molecular weight excluding hydrogens is 436 g/mol. The Morgan fingerprint density at radius 3 is 2.42 bits per heavy atom. The molecule has 7 heteroatoms. The van der Waals surface area contributed by atoms with Crippen molar-refractivity contribution >= 4 is 46.2 Å². The average Bonchev–Trinajstić information content (AvgIpc) is 3.06. The van der Waals surface area contributed by atoms with Gasteiger partial charge in [-0.25, -0.2) is 5.43 Å². The van der Waals surface area contributed by atoms with Crippen molar-refractivity contribution in [2.24, 2.45) is 5.10 Å². The third-order valence-electron chi connectivity index (χ3n) is 5.39. The lowest BCUT2D eigenvalue weighted by Gasteiger charge is -2.10. The minimum Gasteiger partial charge on any atom is -0.340 e. The average molecular weight is 459 g/mol. The first-order chi connectivity index (χ1) is 15.9. The van der Waals surface area contributed by atoms with Gasteiger partial charge in [-0.1, -0.05) is 48.0 Å². The fourth-order valence-electron chi connectivity index (χ4n) is 3.75. The highest BCUT2D eigenvalue weighted by Gasteiger charge is 2.14. The standard InChI is InChI=1S/C26H23ClN4O2/c1-17-23(15-28-30-26(33)19-11-13-21(14-12-19)29-18(2)32)22-8-4-6-10-25(22)31(17)16-20-7-3-5-9-24(20)27/h3-15H,16H2,1-2H3,(H,29,32)(H,30,33). The molecule has 0 aliphatic carbocycles. The van der Waals surface area contributed by atoms with Crippen LogP contribution in [0.5, 0.6) is 0 Å². The van der Waals surface area contributed by atoms with E-state index in [1.807, 2.05) is 49.4 Å². The van der Waals surface area contributed by atoms with Crippen LogP contribution in [-0.2, 0) is 11.3 Å². The van der Waals surface area contributed by atoms with E-state index in [2.05, 4.69) is 26.5 Å². The largest absolute Gasteiger partial charge is 0.340 e. The maximum atomic E-state index is 12.5. The van der Waals surface area contributed by atoms with Crippen LogP contribution in [-0.4, -0.2) is 22.6 Å². The van der Waals surface area contributed by atoms with E-state index in [0.717, 1.165) is 32.7 Å². The zero-order chi connectivity index (χ0) is 23.4. The Bertz CT molecular complexity index is 1360. The third-order valence-corrected chi connectivity index (χ3v) is 5.76. The number of nitrogens with one attached hydrogen (secondary N) is 2. The number of benzene rings is 3. The van der Waals surface area contributed by atoms with Crippen LogP contribution in [0.4, 0.5) is 5.69 Å². The SMILES string of the molecule is CC(=O)Nc1ccc(C(=O)NN=Cc2c(C)n(Cc3ccccc3Cl)c3ccccc23)cc1. The molecule has 0 saturated carbocycles. The van der Waals surface area contributed by atoms with Gasteiger partial charge in [0, 0.05) is 51.9 Å². The Hall–Kier alpha value is -3.90. The number of hydrogen-bond acceptors (Lipinski definition) is 3. The molecule has 0 unspecified atom stereocenters. The monoisotopic (exact) mass is 458 g/mol. The minimum atomic E-state index is -0.335. The van der Waals surface area contributed by atoms with Crippen LogP contribution in [0.2, 0.25) is 5.02 Å². The van der Waals surface area contributed by atoms with Crippen LogP contribution in [0.25, 0.3) is 10.9 Å². The summed E-state index contributed by atoms with van der Waals surface area (Å²) in [6.07, 6.45) is 1.67. The van der Waals surface area contributed by atoms with Crippen LogP contribution in [0.15, 0.2) is 77.9 Å². The smallest absolute Gasteiger partial charge is 0.271 e. The number of fused-ring (bicyclic) bond motifs is 1. The van der Waals surface area contributed by atoms with E-state index in [9.17, 15) is 9.59 Å². The summed E-state index contributed by atoms with van der Waals surface area (Å²) in [6.45, 7) is 4.09. The molecule has 0 aliphatic heterocycles. The highest BCUT2D eigenvalue weighted by Crippen LogP contribution is 2.27. The van der Waals surface area contributed by atoms with Gasteiger partial charge in [0.1, 0.15) is 0 Å². The first-order valence-corrected chi connectivity index (χ1v) is 10.8. The van der Waals surface area contributed by atoms with Gasteiger partial charge in [0.15, 0.2) is 0 Å². The lowest BCUT2D eigenvalue weighted by Crippen LogP contribution is -2.17. The van der Waals surface area contributed by atoms with Crippen molar-refractivity contribution in [2.45, 2.75) is 20.4 Å². The number of hydrazone groups is 1. The van der Waals surface area contributed by atoms with E-state index in [1.165, 1.54) is 6.92 Å². The second kappa shape index (κ2) is 9.71. The zero-order valence-electron chi connectivity index (χ0n) is 18.3. The van der Waals surface area contributed by atoms with Gasteiger partial charge in [0.2, 0.25) is 5.91 Å². The molecule has 2 amide bonds. The van der Waals surface area contributed by atoms with E-state index in [-0.39, 0.29) is 11.8 Å². The van der Waals surface area contributed by atoms with E-state index in [4.69, 9.17) is 11.6 Å². The zero-order valence-corrected chi connectivity index (χ0v) is 19.1. The number of amides is 2. The molecule has 1 aromatic heterocycles. The summed E-state index contributed by atoms with van der Waals surface area (Å²) in [5.74, 6) is -0.501. The lowest BCUT2D eigenvalue weighted by atomic mass is 10.1. The number of halogens is 1. The van der Waals surface area contributed by atoms with Crippen molar-refractivity contribution in [3.63, 3.8) is 0 Å². The summed E-state index contributed by atoms with van der Waals surface area (Å²) in [7, 11) is 0. The fourth-order valence-corrected chi connectivity index (χ4v) is 3.95. The predicted octanol–water partition coefficient (Wildman–Crippen LogP) is 5.37. The number of hydrogen-bond donors (Lipinski definition) is 2. The fraction of sp³-hybridized carbons (Fsp3) is 0.115. The molecule has 0 fully saturated rings. The molecule has 0 aliphatic rings. The maximum Gasteiger partial charge on any atom is 0.271 e. The molecule has 0 bridgehead atoms. The van der Waals surface area contributed by atoms with E-state index >= 15 is 0 Å². The minimum absolute atomic E-state index is 0.166. The third kappa shape index (κ3) is 4.96. The van der Waals surface area contributed by atoms with Crippen LogP contribution < -0.4 is 10.7 Å². The number of rotatable bonds is 6. The first-order valence-electron chi connectivity index (χ1n) is 10.5. The molecule has 33 heavy (non-hydrogen) atoms. The normalized spacial score (nSPS) is 11.1. The number of carbonyl (C=O) groups is 2. The lowest BCUT2D eigenvalue weighted by molar-refractivity contribution is -0.114. The van der Waals surface area contributed by atoms with Crippen molar-refractivity contribution < 1.29 is 9.59 Å². The highest BCUT2D eigenvalue weighted by atomic mass is 35.5. The van der Waals surface area contributed by atoms with Crippen molar-refractivity contribution in [1.29, 1.82) is 0 Å². The highest BCUT2D eigenvalue weighted by molar-refractivity contribution is 6.31. The number of carbonyl (C=O) groups excluding carboxylic acids is 2. The Balaban J connectivity index is 1.56. The van der Waals surface area contributed by atoms with Gasteiger partial charge < -0.3 is 9.88 Å². The Morgan fingerprint density at radius 2 is 1.70 bits per heavy atom. The predicted molar refractivity (Wildman–Crippen MR) is 133 cm³/mol. The topological polar surface area (TPSA) is 75.5 Å². The number of para-hydroxylation sites is 1. The molecule has 0 spiro atoms. The van der Waals surface area contributed by atoms with Crippen molar-refractivity contribution in [3.8, 4) is 0 Å². The summed E-state index contributed by atoms with van der Waals surface area (Å²) in [6, 6.07) is 22.5. The molecule has 4 rings (SSSR count). The summed E-state index contributed by atoms with van der Waals surface area (Å²) >= 11 is 6.39. The van der Waals surface area contributed by atoms with Crippen LogP contribution in [0.3, 0.4) is 0 Å². The molecule has 4 aromatic rings. The Labute approximate surface area is 196 Å². The summed E-state index contributed by atoms with van der Waals surface area (Å²) in [4.78, 5) is 23.6. The Kier molecular flexibility index (Phi) is 6.56. The van der Waals surface area contributed by atoms with Crippen LogP contribution in [0, 0.1) is 6.92 Å². The van der Waals surface area contributed by atoms with Gasteiger partial charge in [0.05, 0.1) is 6.21 Å². The van der Waals surface area contributed by atoms with Gasteiger partial charge >= 0.3 is 0 Å². The number of nitrogens with zero attached hydrogens (tertiary/aromatic N) is 2. The second-order valence-corrected chi connectivity index (χ2v) is 8.06. The Morgan fingerprint density at radius 1 is 1.00 bits per heavy atom. The summed E-state index contributed by atoms with van der Waals surface area (Å²) < 4.78 is 2.19. The second-order valence-electron chi connectivity index (χ2n) is 7.65. The molecule has 166 valence electrons. The maximum absolute atomic E-state index is 12.5. The van der Waals surface area contributed by atoms with E-state index < -0.39 is 0 Å². The molecule has 0 atom stereocenters. The number of anilines is 1. The quantitative estimate of drug-likeness (QED) is 0.301. The summed E-state index contributed by atoms with van der Waals surface area (Å²) in [5, 5.41) is 8.64. The van der Waals surface area contributed by atoms with Crippen LogP contribution >= 0.6 is 11.6 Å². The molecule has 0 radical (unpaired) electrons. The molecule has 2 N–H and O–H groups in total. The van der Waals surface area contributed by atoms with Crippen molar-refractivity contribution in [3.05, 3.63) is 100 Å². The molecule has 3 aromatic carbocycles. The molecule has 0 saturated heterocycles. The van der Waals surface area contributed by atoms with Crippen LogP contribution in [0.1, 0.15) is 34.1 Å². The molecule has 6 nitrogen and oxygen atoms in total. The van der Waals surface area contributed by atoms with Gasteiger partial charge in [-0.05, 0) is 48.9 Å². The molecule has 1 heterocycles.